The van der Waals surface area contributed by atoms with Crippen LogP contribution in [-0.2, 0) is 32.0 Å². The van der Waals surface area contributed by atoms with E-state index < -0.39 is 23.6 Å². The first-order valence-corrected chi connectivity index (χ1v) is 2.68. The molecule has 0 saturated heterocycles. The molecule has 11 heavy (non-hydrogen) atoms. The molecule has 0 rings (SSSR count). The summed E-state index contributed by atoms with van der Waals surface area (Å²) in [6.07, 6.45) is -0.446. The predicted octanol–water partition coefficient (Wildman–Crippen LogP) is -0.539. The van der Waals surface area contributed by atoms with Gasteiger partial charge in [-0.15, -0.1) is 0 Å². The average Bonchev–Trinajstić information content (AvgIpc) is 1.63. The van der Waals surface area contributed by atoms with Crippen LogP contribution in [0, 0.1) is 0 Å². The van der Waals surface area contributed by atoms with Crippen LogP contribution in [0.25, 0.3) is 0 Å². The number of carbonyl (C=O) groups is 2. The van der Waals surface area contributed by atoms with E-state index in [-0.39, 0.29) is 73.8 Å². The molecule has 0 aliphatic heterocycles. The first kappa shape index (κ1) is 18.5. The molecule has 0 aromatic carbocycles. The van der Waals surface area contributed by atoms with Crippen LogP contribution in [0.4, 0.5) is 0 Å². The van der Waals surface area contributed by atoms with Gasteiger partial charge in [0.05, 0.1) is 6.42 Å². The maximum absolute atomic E-state index is 9.90. The normalized spacial score (nSPS) is 10.3. The molecule has 0 spiro atoms. The molecule has 1 unspecified atom stereocenters. The van der Waals surface area contributed by atoms with Gasteiger partial charge in [-0.3, -0.25) is 9.59 Å². The fourth-order valence-electron chi connectivity index (χ4n) is 0.253. The van der Waals surface area contributed by atoms with E-state index in [0.29, 0.717) is 0 Å². The van der Waals surface area contributed by atoms with E-state index in [1.807, 2.05) is 0 Å². The molecule has 0 aliphatic rings. The third-order valence-corrected chi connectivity index (χ3v) is 1.06. The molecule has 7 heteroatoms. The first-order chi connectivity index (χ1) is 4.04. The van der Waals surface area contributed by atoms with Crippen molar-refractivity contribution in [1.82, 2.24) is 0 Å². The summed E-state index contributed by atoms with van der Waals surface area (Å²) < 4.78 is 0. The van der Waals surface area contributed by atoms with Crippen molar-refractivity contribution in [2.75, 3.05) is 0 Å². The van der Waals surface area contributed by atoms with E-state index in [1.165, 1.54) is 0 Å². The van der Waals surface area contributed by atoms with E-state index in [9.17, 15) is 9.59 Å². The van der Waals surface area contributed by atoms with Crippen LogP contribution in [-0.4, -0.2) is 78.8 Å². The Hall–Kier alpha value is 1.67. The van der Waals surface area contributed by atoms with Crippen LogP contribution in [0.3, 0.4) is 0 Å². The molecule has 0 aliphatic carbocycles. The summed E-state index contributed by atoms with van der Waals surface area (Å²) in [4.78, 5) is 19.7. The van der Waals surface area contributed by atoms with Gasteiger partial charge in [0.15, 0.2) is 0 Å². The van der Waals surface area contributed by atoms with Crippen LogP contribution in [0.1, 0.15) is 6.42 Å². The van der Waals surface area contributed by atoms with E-state index in [2.05, 4.69) is 12.6 Å². The number of hydrogen-bond donors (Lipinski definition) is 3. The van der Waals surface area contributed by atoms with Crippen molar-refractivity contribution in [3.63, 3.8) is 0 Å². The van der Waals surface area contributed by atoms with Gasteiger partial charge in [0.25, 0.3) is 0 Å². The maximum atomic E-state index is 9.90. The monoisotopic (exact) mass is 386 g/mol. The van der Waals surface area contributed by atoms with Gasteiger partial charge >= 0.3 is 11.9 Å². The van der Waals surface area contributed by atoms with Crippen molar-refractivity contribution >= 4 is 76.0 Å². The number of aliphatic carboxylic acids is 2. The summed E-state index contributed by atoms with van der Waals surface area (Å²) in [5.74, 6) is -2.36. The molecular formula is C4H6AuKO4S. The average molecular weight is 386 g/mol. The number of carboxylic acid groups (broad SMARTS) is 2. The quantitative estimate of drug-likeness (QED) is 0.450. The van der Waals surface area contributed by atoms with Crippen molar-refractivity contribution < 1.29 is 42.2 Å². The Morgan fingerprint density at radius 2 is 1.73 bits per heavy atom. The molecule has 2 radical (unpaired) electrons. The molecule has 0 aromatic heterocycles. The Bertz CT molecular complexity index is 142. The Morgan fingerprint density at radius 1 is 1.36 bits per heavy atom. The minimum absolute atomic E-state index is 0. The van der Waals surface area contributed by atoms with Crippen molar-refractivity contribution in [2.45, 2.75) is 11.7 Å². The van der Waals surface area contributed by atoms with Crippen LogP contribution in [0.15, 0.2) is 0 Å². The second-order valence-corrected chi connectivity index (χ2v) is 2.08. The van der Waals surface area contributed by atoms with Crippen LogP contribution in [0.5, 0.6) is 0 Å². The van der Waals surface area contributed by atoms with Gasteiger partial charge in [0.2, 0.25) is 0 Å². The van der Waals surface area contributed by atoms with Crippen LogP contribution in [0.2, 0.25) is 0 Å². The summed E-state index contributed by atoms with van der Waals surface area (Å²) in [5.41, 5.74) is 0. The van der Waals surface area contributed by atoms with Crippen molar-refractivity contribution in [3.8, 4) is 0 Å². The third kappa shape index (κ3) is 11.7. The summed E-state index contributed by atoms with van der Waals surface area (Å²) in [7, 11) is 0. The fraction of sp³-hybridized carbons (Fsp3) is 0.500. The van der Waals surface area contributed by atoms with Gasteiger partial charge in [-0.1, -0.05) is 0 Å². The van der Waals surface area contributed by atoms with Gasteiger partial charge in [0, 0.05) is 73.8 Å². The summed E-state index contributed by atoms with van der Waals surface area (Å²) in [5, 5.41) is 15.0. The minimum Gasteiger partial charge on any atom is -0.481 e. The first-order valence-electron chi connectivity index (χ1n) is 2.16. The number of hydrogen-bond acceptors (Lipinski definition) is 3. The molecular weight excluding hydrogens is 380 g/mol. The molecule has 2 N–H and O–H groups in total. The number of carboxylic acids is 2. The summed E-state index contributed by atoms with van der Waals surface area (Å²) in [6.45, 7) is 0. The van der Waals surface area contributed by atoms with Gasteiger partial charge in [-0.2, -0.15) is 12.6 Å². The standard InChI is InChI=1S/C4H6O4S.Au.K/c5-3(6)1-2(9)4(7)8;;/h2,9H,1H2,(H,5,6)(H,7,8);;. The molecule has 0 aromatic rings. The minimum atomic E-state index is -1.21. The van der Waals surface area contributed by atoms with Gasteiger partial charge < -0.3 is 10.2 Å². The second-order valence-electron chi connectivity index (χ2n) is 1.45. The van der Waals surface area contributed by atoms with Gasteiger partial charge in [-0.25, -0.2) is 0 Å². The maximum Gasteiger partial charge on any atom is 0.316 e. The summed E-state index contributed by atoms with van der Waals surface area (Å²) in [6, 6.07) is 0. The van der Waals surface area contributed by atoms with Crippen molar-refractivity contribution in [1.29, 1.82) is 0 Å². The Kier molecular flexibility index (Phi) is 16.4. The van der Waals surface area contributed by atoms with Gasteiger partial charge in [-0.05, 0) is 0 Å². The van der Waals surface area contributed by atoms with E-state index in [4.69, 9.17) is 10.2 Å². The van der Waals surface area contributed by atoms with E-state index in [1.54, 1.807) is 0 Å². The SMILES string of the molecule is O=C(O)CC(S)C(=O)O.[Au].[K]. The molecule has 0 bridgehead atoms. The molecule has 0 saturated carbocycles. The third-order valence-electron chi connectivity index (χ3n) is 0.653. The topological polar surface area (TPSA) is 74.6 Å². The largest absolute Gasteiger partial charge is 0.481 e. The summed E-state index contributed by atoms with van der Waals surface area (Å²) >= 11 is 3.48. The number of thiol groups is 1. The number of rotatable bonds is 3. The zero-order valence-corrected chi connectivity index (χ0v) is 11.9. The molecule has 64 valence electrons. The zero-order chi connectivity index (χ0) is 7.44. The van der Waals surface area contributed by atoms with E-state index >= 15 is 0 Å². The second kappa shape index (κ2) is 9.75. The Balaban J connectivity index is -0.000000320. The molecule has 0 heterocycles. The van der Waals surface area contributed by atoms with Crippen molar-refractivity contribution in [2.24, 2.45) is 0 Å². The molecule has 1 atom stereocenters. The van der Waals surface area contributed by atoms with Gasteiger partial charge in [0.1, 0.15) is 5.25 Å². The molecule has 0 fully saturated rings. The zero-order valence-electron chi connectivity index (χ0n) is 5.74. The molecule has 4 nitrogen and oxygen atoms in total. The fourth-order valence-corrected chi connectivity index (χ4v) is 0.409. The Morgan fingerprint density at radius 3 is 1.82 bits per heavy atom. The van der Waals surface area contributed by atoms with E-state index in [0.717, 1.165) is 0 Å². The Labute approximate surface area is 127 Å². The molecule has 0 amide bonds. The predicted molar refractivity (Wildman–Crippen MR) is 38.4 cm³/mol. The van der Waals surface area contributed by atoms with Crippen LogP contribution >= 0.6 is 12.6 Å². The van der Waals surface area contributed by atoms with Crippen LogP contribution < -0.4 is 0 Å². The van der Waals surface area contributed by atoms with Crippen molar-refractivity contribution in [3.05, 3.63) is 0 Å². The smallest absolute Gasteiger partial charge is 0.316 e.